The first-order valence-corrected chi connectivity index (χ1v) is 8.21. The van der Waals surface area contributed by atoms with Gasteiger partial charge in [-0.3, -0.25) is 4.68 Å². The summed E-state index contributed by atoms with van der Waals surface area (Å²) in [6.07, 6.45) is 5.73. The molecule has 128 valence electrons. The van der Waals surface area contributed by atoms with E-state index in [4.69, 9.17) is 0 Å². The quantitative estimate of drug-likeness (QED) is 0.844. The molecule has 0 amide bonds. The lowest BCUT2D eigenvalue weighted by atomic mass is 10.1. The molecule has 7 heteroatoms. The second kappa shape index (κ2) is 7.44. The third-order valence-corrected chi connectivity index (χ3v) is 4.33. The zero-order valence-electron chi connectivity index (χ0n) is 13.8. The Hall–Kier alpha value is -2.41. The SMILES string of the molecule is COC(=O)c1cc(-c2cn(CCN3CCCCC3)nn2)ccc1O. The number of carbonyl (C=O) groups is 1. The van der Waals surface area contributed by atoms with Crippen molar-refractivity contribution in [1.82, 2.24) is 19.9 Å². The van der Waals surface area contributed by atoms with Crippen LogP contribution in [0.15, 0.2) is 24.4 Å². The molecule has 3 rings (SSSR count). The largest absolute Gasteiger partial charge is 0.507 e. The summed E-state index contributed by atoms with van der Waals surface area (Å²) in [7, 11) is 1.28. The standard InChI is InChI=1S/C17H22N4O3/c1-24-17(23)14-11-13(5-6-16(14)22)15-12-21(19-18-15)10-9-20-7-3-2-4-8-20/h5-6,11-12,22H,2-4,7-10H2,1H3. The Bertz CT molecular complexity index is 708. The molecule has 0 aliphatic carbocycles. The van der Waals surface area contributed by atoms with Gasteiger partial charge in [0.1, 0.15) is 17.0 Å². The number of phenolic OH excluding ortho intramolecular Hbond substituents is 1. The van der Waals surface area contributed by atoms with Crippen molar-refractivity contribution in [2.24, 2.45) is 0 Å². The van der Waals surface area contributed by atoms with E-state index in [1.807, 2.05) is 10.9 Å². The Kier molecular flexibility index (Phi) is 5.10. The van der Waals surface area contributed by atoms with E-state index in [0.717, 1.165) is 31.7 Å². The van der Waals surface area contributed by atoms with Gasteiger partial charge < -0.3 is 14.7 Å². The fourth-order valence-corrected chi connectivity index (χ4v) is 2.94. The van der Waals surface area contributed by atoms with Crippen molar-refractivity contribution < 1.29 is 14.6 Å². The van der Waals surface area contributed by atoms with Gasteiger partial charge in [0.25, 0.3) is 0 Å². The number of esters is 1. The molecular formula is C17H22N4O3. The highest BCUT2D eigenvalue weighted by Crippen LogP contribution is 2.25. The predicted molar refractivity (Wildman–Crippen MR) is 88.8 cm³/mol. The summed E-state index contributed by atoms with van der Waals surface area (Å²) in [5.74, 6) is -0.685. The third-order valence-electron chi connectivity index (χ3n) is 4.33. The topological polar surface area (TPSA) is 80.5 Å². The zero-order valence-corrected chi connectivity index (χ0v) is 13.8. The number of methoxy groups -OCH3 is 1. The lowest BCUT2D eigenvalue weighted by molar-refractivity contribution is 0.0597. The third kappa shape index (κ3) is 3.73. The second-order valence-corrected chi connectivity index (χ2v) is 5.99. The number of carbonyl (C=O) groups excluding carboxylic acids is 1. The Morgan fingerprint density at radius 3 is 2.79 bits per heavy atom. The molecule has 1 aromatic heterocycles. The first-order valence-electron chi connectivity index (χ1n) is 8.21. The Morgan fingerprint density at radius 2 is 2.04 bits per heavy atom. The van der Waals surface area contributed by atoms with Gasteiger partial charge in [-0.2, -0.15) is 0 Å². The summed E-state index contributed by atoms with van der Waals surface area (Å²) in [6.45, 7) is 4.06. The van der Waals surface area contributed by atoms with Gasteiger partial charge in [-0.05, 0) is 44.1 Å². The molecular weight excluding hydrogens is 308 g/mol. The average Bonchev–Trinajstić information content (AvgIpc) is 3.09. The van der Waals surface area contributed by atoms with Crippen molar-refractivity contribution in [2.75, 3.05) is 26.7 Å². The normalized spacial score (nSPS) is 15.4. The van der Waals surface area contributed by atoms with Crippen molar-refractivity contribution in [3.05, 3.63) is 30.0 Å². The molecule has 0 unspecified atom stereocenters. The van der Waals surface area contributed by atoms with Gasteiger partial charge in [0.15, 0.2) is 0 Å². The van der Waals surface area contributed by atoms with Gasteiger partial charge in [0.2, 0.25) is 0 Å². The van der Waals surface area contributed by atoms with E-state index in [1.165, 1.54) is 32.4 Å². The molecule has 1 saturated heterocycles. The Labute approximate surface area is 140 Å². The molecule has 1 fully saturated rings. The molecule has 0 spiro atoms. The maximum Gasteiger partial charge on any atom is 0.341 e. The average molecular weight is 330 g/mol. The highest BCUT2D eigenvalue weighted by Gasteiger charge is 2.15. The van der Waals surface area contributed by atoms with Gasteiger partial charge in [-0.15, -0.1) is 5.10 Å². The fraction of sp³-hybridized carbons (Fsp3) is 0.471. The van der Waals surface area contributed by atoms with Crippen LogP contribution in [0.1, 0.15) is 29.6 Å². The number of piperidine rings is 1. The summed E-state index contributed by atoms with van der Waals surface area (Å²) in [5, 5.41) is 18.1. The monoisotopic (exact) mass is 330 g/mol. The first kappa shape index (κ1) is 16.4. The van der Waals surface area contributed by atoms with Crippen LogP contribution >= 0.6 is 0 Å². The van der Waals surface area contributed by atoms with E-state index in [1.54, 1.807) is 12.1 Å². The molecule has 2 aromatic rings. The zero-order chi connectivity index (χ0) is 16.9. The van der Waals surface area contributed by atoms with Gasteiger partial charge in [0.05, 0.1) is 19.9 Å². The van der Waals surface area contributed by atoms with Crippen LogP contribution < -0.4 is 0 Å². The van der Waals surface area contributed by atoms with Crippen molar-refractivity contribution in [1.29, 1.82) is 0 Å². The molecule has 0 saturated carbocycles. The molecule has 1 aromatic carbocycles. The summed E-state index contributed by atoms with van der Waals surface area (Å²) >= 11 is 0. The number of benzene rings is 1. The number of aromatic nitrogens is 3. The van der Waals surface area contributed by atoms with Gasteiger partial charge in [-0.1, -0.05) is 11.6 Å². The molecule has 1 aliphatic rings. The molecule has 0 bridgehead atoms. The molecule has 7 nitrogen and oxygen atoms in total. The number of likely N-dealkylation sites (tertiary alicyclic amines) is 1. The van der Waals surface area contributed by atoms with Gasteiger partial charge in [0, 0.05) is 12.1 Å². The molecule has 1 aliphatic heterocycles. The molecule has 24 heavy (non-hydrogen) atoms. The number of hydrogen-bond acceptors (Lipinski definition) is 6. The summed E-state index contributed by atoms with van der Waals surface area (Å²) < 4.78 is 6.49. The number of rotatable bonds is 5. The minimum absolute atomic E-state index is 0.108. The van der Waals surface area contributed by atoms with Crippen LogP contribution in [0.2, 0.25) is 0 Å². The Balaban J connectivity index is 1.69. The van der Waals surface area contributed by atoms with E-state index < -0.39 is 5.97 Å². The minimum Gasteiger partial charge on any atom is -0.507 e. The number of phenols is 1. The van der Waals surface area contributed by atoms with E-state index in [2.05, 4.69) is 19.9 Å². The maximum atomic E-state index is 11.7. The van der Waals surface area contributed by atoms with E-state index in [0.29, 0.717) is 5.69 Å². The van der Waals surface area contributed by atoms with Crippen molar-refractivity contribution >= 4 is 5.97 Å². The van der Waals surface area contributed by atoms with Crippen molar-refractivity contribution in [3.8, 4) is 17.0 Å². The second-order valence-electron chi connectivity index (χ2n) is 5.99. The summed E-state index contributed by atoms with van der Waals surface area (Å²) in [6, 6.07) is 4.75. The molecule has 2 heterocycles. The molecule has 1 N–H and O–H groups in total. The molecule has 0 atom stereocenters. The number of nitrogens with zero attached hydrogens (tertiary/aromatic N) is 4. The van der Waals surface area contributed by atoms with Crippen LogP contribution in [0.3, 0.4) is 0 Å². The predicted octanol–water partition coefficient (Wildman–Crippen LogP) is 1.92. The van der Waals surface area contributed by atoms with Crippen LogP contribution in [-0.4, -0.2) is 57.7 Å². The minimum atomic E-state index is -0.577. The summed E-state index contributed by atoms with van der Waals surface area (Å²) in [4.78, 5) is 14.1. The van der Waals surface area contributed by atoms with E-state index >= 15 is 0 Å². The molecule has 0 radical (unpaired) electrons. The lowest BCUT2D eigenvalue weighted by Gasteiger charge is -2.25. The lowest BCUT2D eigenvalue weighted by Crippen LogP contribution is -2.32. The van der Waals surface area contributed by atoms with Crippen molar-refractivity contribution in [2.45, 2.75) is 25.8 Å². The van der Waals surface area contributed by atoms with Crippen LogP contribution in [-0.2, 0) is 11.3 Å². The number of hydrogen-bond donors (Lipinski definition) is 1. The van der Waals surface area contributed by atoms with E-state index in [9.17, 15) is 9.90 Å². The highest BCUT2D eigenvalue weighted by atomic mass is 16.5. The first-order chi connectivity index (χ1) is 11.7. The van der Waals surface area contributed by atoms with Gasteiger partial charge in [-0.25, -0.2) is 4.79 Å². The van der Waals surface area contributed by atoms with Crippen LogP contribution in [0.5, 0.6) is 5.75 Å². The summed E-state index contributed by atoms with van der Waals surface area (Å²) in [5.41, 5.74) is 1.51. The van der Waals surface area contributed by atoms with Crippen LogP contribution in [0.4, 0.5) is 0 Å². The van der Waals surface area contributed by atoms with Crippen LogP contribution in [0, 0.1) is 0 Å². The highest BCUT2D eigenvalue weighted by molar-refractivity contribution is 5.93. The fourth-order valence-electron chi connectivity index (χ4n) is 2.94. The maximum absolute atomic E-state index is 11.7. The van der Waals surface area contributed by atoms with Crippen LogP contribution in [0.25, 0.3) is 11.3 Å². The smallest absolute Gasteiger partial charge is 0.341 e. The van der Waals surface area contributed by atoms with Gasteiger partial charge >= 0.3 is 5.97 Å². The Morgan fingerprint density at radius 1 is 1.25 bits per heavy atom. The van der Waals surface area contributed by atoms with E-state index in [-0.39, 0.29) is 11.3 Å². The number of ether oxygens (including phenoxy) is 1. The van der Waals surface area contributed by atoms with Crippen molar-refractivity contribution in [3.63, 3.8) is 0 Å². The number of aromatic hydroxyl groups is 1.